The van der Waals surface area contributed by atoms with Crippen LogP contribution in [0.1, 0.15) is 12.5 Å². The van der Waals surface area contributed by atoms with E-state index >= 15 is 0 Å². The average molecular weight is 152 g/mol. The number of carbonyl (C=O) groups excluding carboxylic acids is 1. The molecule has 1 aromatic rings. The maximum absolute atomic E-state index is 9.11. The zero-order valence-electron chi connectivity index (χ0n) is 6.58. The van der Waals surface area contributed by atoms with Crippen LogP contribution in [-0.2, 0) is 11.2 Å². The minimum absolute atomic E-state index is 0.403. The number of hydrogen-bond donors (Lipinski definition) is 1. The quantitative estimate of drug-likeness (QED) is 0.665. The van der Waals surface area contributed by atoms with Crippen molar-refractivity contribution in [1.82, 2.24) is 0 Å². The molecule has 0 radical (unpaired) electrons. The minimum atomic E-state index is 0.403. The zero-order valence-corrected chi connectivity index (χ0v) is 6.58. The normalized spacial score (nSPS) is 8.09. The van der Waals surface area contributed by atoms with Crippen LogP contribution >= 0.6 is 0 Å². The van der Waals surface area contributed by atoms with Crippen LogP contribution in [0, 0.1) is 0 Å². The van der Waals surface area contributed by atoms with Gasteiger partial charge in [-0.1, -0.05) is 25.1 Å². The molecule has 0 saturated carbocycles. The minimum Gasteiger partial charge on any atom is -0.508 e. The van der Waals surface area contributed by atoms with E-state index in [1.807, 2.05) is 31.9 Å². The topological polar surface area (TPSA) is 37.3 Å². The molecule has 0 spiro atoms. The number of benzene rings is 1. The molecule has 0 saturated heterocycles. The zero-order chi connectivity index (χ0) is 8.69. The van der Waals surface area contributed by atoms with Gasteiger partial charge in [-0.05, 0) is 18.1 Å². The van der Waals surface area contributed by atoms with E-state index in [2.05, 4.69) is 0 Å². The third-order valence-electron chi connectivity index (χ3n) is 1.37. The molecular formula is C9H12O2. The molecule has 0 aliphatic rings. The van der Waals surface area contributed by atoms with Gasteiger partial charge in [-0.3, -0.25) is 0 Å². The Morgan fingerprint density at radius 3 is 2.27 bits per heavy atom. The van der Waals surface area contributed by atoms with E-state index in [-0.39, 0.29) is 0 Å². The number of aryl methyl sites for hydroxylation is 1. The van der Waals surface area contributed by atoms with Crippen LogP contribution in [0.5, 0.6) is 5.75 Å². The number of phenolic OH excluding ortho intramolecular Hbond substituents is 1. The van der Waals surface area contributed by atoms with E-state index in [9.17, 15) is 0 Å². The van der Waals surface area contributed by atoms with Crippen molar-refractivity contribution in [2.24, 2.45) is 0 Å². The van der Waals surface area contributed by atoms with Crippen molar-refractivity contribution in [2.45, 2.75) is 13.3 Å². The van der Waals surface area contributed by atoms with Crippen molar-refractivity contribution >= 4 is 6.79 Å². The molecule has 0 amide bonds. The van der Waals surface area contributed by atoms with Crippen LogP contribution in [0.2, 0.25) is 0 Å². The Balaban J connectivity index is 0.000000461. The second-order valence-corrected chi connectivity index (χ2v) is 1.98. The lowest BCUT2D eigenvalue weighted by Crippen LogP contribution is -1.77. The molecule has 1 aromatic carbocycles. The summed E-state index contributed by atoms with van der Waals surface area (Å²) in [6.07, 6.45) is 0.896. The van der Waals surface area contributed by atoms with Crippen LogP contribution in [0.25, 0.3) is 0 Å². The van der Waals surface area contributed by atoms with Crippen molar-refractivity contribution in [3.8, 4) is 5.75 Å². The van der Waals surface area contributed by atoms with Crippen molar-refractivity contribution in [3.05, 3.63) is 29.8 Å². The van der Waals surface area contributed by atoms with Crippen LogP contribution < -0.4 is 0 Å². The SMILES string of the molecule is C=O.CCc1ccccc1O. The molecule has 2 heteroatoms. The molecule has 0 bridgehead atoms. The number of para-hydroxylation sites is 1. The number of hydrogen-bond acceptors (Lipinski definition) is 2. The third-order valence-corrected chi connectivity index (χ3v) is 1.37. The first-order chi connectivity index (χ1) is 5.34. The Morgan fingerprint density at radius 1 is 1.36 bits per heavy atom. The molecule has 1 N–H and O–H groups in total. The molecule has 2 nitrogen and oxygen atoms in total. The molecule has 0 heterocycles. The molecule has 0 unspecified atom stereocenters. The highest BCUT2D eigenvalue weighted by atomic mass is 16.3. The average Bonchev–Trinajstić information content (AvgIpc) is 2.09. The molecule has 0 aliphatic heterocycles. The Bertz CT molecular complexity index is 208. The first-order valence-corrected chi connectivity index (χ1v) is 3.40. The van der Waals surface area contributed by atoms with E-state index in [1.54, 1.807) is 6.07 Å². The summed E-state index contributed by atoms with van der Waals surface area (Å²) in [4.78, 5) is 8.00. The molecule has 0 fully saturated rings. The van der Waals surface area contributed by atoms with Gasteiger partial charge in [-0.25, -0.2) is 0 Å². The van der Waals surface area contributed by atoms with Crippen LogP contribution in [0.15, 0.2) is 24.3 Å². The Kier molecular flexibility index (Phi) is 4.82. The van der Waals surface area contributed by atoms with Gasteiger partial charge in [0.25, 0.3) is 0 Å². The number of aromatic hydroxyl groups is 1. The molecule has 0 aromatic heterocycles. The highest BCUT2D eigenvalue weighted by molar-refractivity contribution is 5.31. The highest BCUT2D eigenvalue weighted by Gasteiger charge is 1.92. The summed E-state index contributed by atoms with van der Waals surface area (Å²) in [6.45, 7) is 4.02. The largest absolute Gasteiger partial charge is 0.508 e. The summed E-state index contributed by atoms with van der Waals surface area (Å²) in [5.41, 5.74) is 1.01. The molecular weight excluding hydrogens is 140 g/mol. The molecule has 0 atom stereocenters. The van der Waals surface area contributed by atoms with Gasteiger partial charge in [-0.15, -0.1) is 0 Å². The highest BCUT2D eigenvalue weighted by Crippen LogP contribution is 2.14. The van der Waals surface area contributed by atoms with Crippen LogP contribution in [-0.4, -0.2) is 11.9 Å². The van der Waals surface area contributed by atoms with Crippen LogP contribution in [0.3, 0.4) is 0 Å². The Labute approximate surface area is 66.5 Å². The number of carbonyl (C=O) groups is 1. The Hall–Kier alpha value is -1.31. The summed E-state index contributed by atoms with van der Waals surface area (Å²) in [5.74, 6) is 0.403. The number of rotatable bonds is 1. The van der Waals surface area contributed by atoms with Gasteiger partial charge in [0, 0.05) is 0 Å². The van der Waals surface area contributed by atoms with Gasteiger partial charge < -0.3 is 9.90 Å². The number of phenols is 1. The Morgan fingerprint density at radius 2 is 1.91 bits per heavy atom. The first-order valence-electron chi connectivity index (χ1n) is 3.40. The van der Waals surface area contributed by atoms with Gasteiger partial charge in [0.15, 0.2) is 0 Å². The van der Waals surface area contributed by atoms with Gasteiger partial charge in [0.2, 0.25) is 0 Å². The van der Waals surface area contributed by atoms with E-state index in [0.717, 1.165) is 12.0 Å². The van der Waals surface area contributed by atoms with Crippen molar-refractivity contribution in [1.29, 1.82) is 0 Å². The van der Waals surface area contributed by atoms with Crippen molar-refractivity contribution < 1.29 is 9.90 Å². The standard InChI is InChI=1S/C8H10O.CH2O/c1-2-7-5-3-4-6-8(7)9;1-2/h3-6,9H,2H2,1H3;1H2. The van der Waals surface area contributed by atoms with Gasteiger partial charge in [0.1, 0.15) is 12.5 Å². The fraction of sp³-hybridized carbons (Fsp3) is 0.222. The summed E-state index contributed by atoms with van der Waals surface area (Å²) >= 11 is 0. The van der Waals surface area contributed by atoms with Gasteiger partial charge in [0.05, 0.1) is 0 Å². The van der Waals surface area contributed by atoms with Crippen LogP contribution in [0.4, 0.5) is 0 Å². The lowest BCUT2D eigenvalue weighted by molar-refractivity contribution is -0.0979. The fourth-order valence-corrected chi connectivity index (χ4v) is 0.810. The molecule has 1 rings (SSSR count). The van der Waals surface area contributed by atoms with Gasteiger partial charge >= 0.3 is 0 Å². The summed E-state index contributed by atoms with van der Waals surface area (Å²) in [7, 11) is 0. The molecule has 11 heavy (non-hydrogen) atoms. The maximum Gasteiger partial charge on any atom is 0.118 e. The predicted octanol–water partition coefficient (Wildman–Crippen LogP) is 1.77. The van der Waals surface area contributed by atoms with Crippen molar-refractivity contribution in [3.63, 3.8) is 0 Å². The first kappa shape index (κ1) is 9.69. The van der Waals surface area contributed by atoms with E-state index < -0.39 is 0 Å². The third kappa shape index (κ3) is 2.85. The van der Waals surface area contributed by atoms with E-state index in [1.165, 1.54) is 0 Å². The second-order valence-electron chi connectivity index (χ2n) is 1.98. The molecule has 60 valence electrons. The van der Waals surface area contributed by atoms with Gasteiger partial charge in [-0.2, -0.15) is 0 Å². The predicted molar refractivity (Wildman–Crippen MR) is 44.6 cm³/mol. The lowest BCUT2D eigenvalue weighted by Gasteiger charge is -1.97. The monoisotopic (exact) mass is 152 g/mol. The lowest BCUT2D eigenvalue weighted by atomic mass is 10.1. The fourth-order valence-electron chi connectivity index (χ4n) is 0.810. The summed E-state index contributed by atoms with van der Waals surface area (Å²) < 4.78 is 0. The maximum atomic E-state index is 9.11. The second kappa shape index (κ2) is 5.47. The summed E-state index contributed by atoms with van der Waals surface area (Å²) in [6, 6.07) is 7.39. The summed E-state index contributed by atoms with van der Waals surface area (Å²) in [5, 5.41) is 9.11. The molecule has 0 aliphatic carbocycles. The smallest absolute Gasteiger partial charge is 0.118 e. The van der Waals surface area contributed by atoms with Crippen molar-refractivity contribution in [2.75, 3.05) is 0 Å². The van der Waals surface area contributed by atoms with E-state index in [0.29, 0.717) is 5.75 Å². The van der Waals surface area contributed by atoms with E-state index in [4.69, 9.17) is 9.90 Å².